The summed E-state index contributed by atoms with van der Waals surface area (Å²) < 4.78 is 0. The van der Waals surface area contributed by atoms with Crippen molar-refractivity contribution in [3.63, 3.8) is 0 Å². The van der Waals surface area contributed by atoms with E-state index in [0.29, 0.717) is 0 Å². The van der Waals surface area contributed by atoms with Gasteiger partial charge in [0.25, 0.3) is 0 Å². The van der Waals surface area contributed by atoms with Crippen LogP contribution in [0.5, 0.6) is 0 Å². The maximum Gasteiger partial charge on any atom is 0.185 e. The fraction of sp³-hybridized carbons (Fsp3) is 0.812. The normalized spacial score (nSPS) is 16.9. The highest BCUT2D eigenvalue weighted by molar-refractivity contribution is 7.15. The minimum atomic E-state index is 0.882. The van der Waals surface area contributed by atoms with Gasteiger partial charge in [-0.25, -0.2) is 4.98 Å². The van der Waals surface area contributed by atoms with Gasteiger partial charge in [0.2, 0.25) is 0 Å². The van der Waals surface area contributed by atoms with Gasteiger partial charge in [-0.15, -0.1) is 11.3 Å². The van der Waals surface area contributed by atoms with Crippen LogP contribution in [0.4, 0.5) is 5.13 Å². The molecular weight excluding hydrogens is 266 g/mol. The molecule has 1 fully saturated rings. The summed E-state index contributed by atoms with van der Waals surface area (Å²) in [5, 5.41) is 4.80. The van der Waals surface area contributed by atoms with Crippen molar-refractivity contribution < 1.29 is 0 Å². The quantitative estimate of drug-likeness (QED) is 0.775. The molecule has 1 N–H and O–H groups in total. The van der Waals surface area contributed by atoms with Crippen molar-refractivity contribution in [1.29, 1.82) is 0 Å². The van der Waals surface area contributed by atoms with Crippen LogP contribution in [0.1, 0.15) is 57.0 Å². The molecule has 2 rings (SSSR count). The molecule has 0 spiro atoms. The van der Waals surface area contributed by atoms with Crippen LogP contribution in [0.2, 0.25) is 0 Å². The molecule has 4 heteroatoms. The largest absolute Gasteiger partial charge is 0.348 e. The molecule has 1 aliphatic rings. The standard InChI is InChI=1S/C16H29N3S/c1-4-6-9-17-12-15-14(5-2)18-16(20-15)19-10-7-13(3)8-11-19/h13,17H,4-12H2,1-3H3. The number of unbranched alkanes of at least 4 members (excludes halogenated alkanes) is 1. The highest BCUT2D eigenvalue weighted by Gasteiger charge is 2.20. The Bertz CT molecular complexity index is 394. The number of hydrogen-bond donors (Lipinski definition) is 1. The van der Waals surface area contributed by atoms with Crippen LogP contribution in [0.15, 0.2) is 0 Å². The molecule has 0 aromatic carbocycles. The molecule has 1 saturated heterocycles. The van der Waals surface area contributed by atoms with Gasteiger partial charge in [-0.3, -0.25) is 0 Å². The first-order valence-corrected chi connectivity index (χ1v) is 9.00. The molecule has 3 nitrogen and oxygen atoms in total. The SMILES string of the molecule is CCCCNCc1sc(N2CCC(C)CC2)nc1CC. The van der Waals surface area contributed by atoms with Crippen LogP contribution in [0.25, 0.3) is 0 Å². The number of aromatic nitrogens is 1. The van der Waals surface area contributed by atoms with Crippen LogP contribution in [-0.2, 0) is 13.0 Å². The first kappa shape index (κ1) is 15.8. The van der Waals surface area contributed by atoms with Crippen LogP contribution < -0.4 is 10.2 Å². The Balaban J connectivity index is 1.95. The average Bonchev–Trinajstić information content (AvgIpc) is 2.87. The summed E-state index contributed by atoms with van der Waals surface area (Å²) in [4.78, 5) is 8.81. The van der Waals surface area contributed by atoms with Crippen LogP contribution in [0, 0.1) is 5.92 Å². The van der Waals surface area contributed by atoms with Crippen molar-refractivity contribution in [2.24, 2.45) is 5.92 Å². The Labute approximate surface area is 127 Å². The lowest BCUT2D eigenvalue weighted by molar-refractivity contribution is 0.438. The molecule has 1 aromatic rings. The molecule has 0 bridgehead atoms. The van der Waals surface area contributed by atoms with Crippen molar-refractivity contribution in [3.8, 4) is 0 Å². The lowest BCUT2D eigenvalue weighted by atomic mass is 10.00. The van der Waals surface area contributed by atoms with E-state index < -0.39 is 0 Å². The number of piperidine rings is 1. The maximum absolute atomic E-state index is 4.88. The Morgan fingerprint density at radius 1 is 1.30 bits per heavy atom. The van der Waals surface area contributed by atoms with E-state index in [-0.39, 0.29) is 0 Å². The third-order valence-electron chi connectivity index (χ3n) is 4.15. The van der Waals surface area contributed by atoms with Gasteiger partial charge < -0.3 is 10.2 Å². The molecular formula is C16H29N3S. The smallest absolute Gasteiger partial charge is 0.185 e. The third-order valence-corrected chi connectivity index (χ3v) is 5.31. The molecule has 0 radical (unpaired) electrons. The van der Waals surface area contributed by atoms with Crippen molar-refractivity contribution >= 4 is 16.5 Å². The van der Waals surface area contributed by atoms with Gasteiger partial charge in [0.15, 0.2) is 5.13 Å². The predicted molar refractivity (Wildman–Crippen MR) is 88.7 cm³/mol. The zero-order valence-corrected chi connectivity index (χ0v) is 14.1. The minimum Gasteiger partial charge on any atom is -0.348 e. The monoisotopic (exact) mass is 295 g/mol. The Morgan fingerprint density at radius 2 is 2.05 bits per heavy atom. The fourth-order valence-corrected chi connectivity index (χ4v) is 3.79. The predicted octanol–water partition coefficient (Wildman–Crippen LogP) is 3.83. The number of nitrogens with zero attached hydrogens (tertiary/aromatic N) is 2. The van der Waals surface area contributed by atoms with E-state index in [1.54, 1.807) is 0 Å². The van der Waals surface area contributed by atoms with Gasteiger partial charge >= 0.3 is 0 Å². The Morgan fingerprint density at radius 3 is 2.70 bits per heavy atom. The van der Waals surface area contributed by atoms with E-state index in [4.69, 9.17) is 4.98 Å². The highest BCUT2D eigenvalue weighted by atomic mass is 32.1. The van der Waals surface area contributed by atoms with Crippen molar-refractivity contribution in [2.45, 2.75) is 59.4 Å². The number of aryl methyl sites for hydroxylation is 1. The number of anilines is 1. The number of rotatable bonds is 7. The first-order chi connectivity index (χ1) is 9.74. The minimum absolute atomic E-state index is 0.882. The molecule has 0 amide bonds. The molecule has 0 atom stereocenters. The van der Waals surface area contributed by atoms with Crippen molar-refractivity contribution in [2.75, 3.05) is 24.5 Å². The topological polar surface area (TPSA) is 28.2 Å². The first-order valence-electron chi connectivity index (χ1n) is 8.18. The van der Waals surface area contributed by atoms with E-state index in [2.05, 4.69) is 31.0 Å². The molecule has 2 heterocycles. The van der Waals surface area contributed by atoms with Crippen LogP contribution in [0.3, 0.4) is 0 Å². The van der Waals surface area contributed by atoms with E-state index in [1.165, 1.54) is 54.5 Å². The number of nitrogens with one attached hydrogen (secondary N) is 1. The van der Waals surface area contributed by atoms with Crippen molar-refractivity contribution in [3.05, 3.63) is 10.6 Å². The van der Waals surface area contributed by atoms with Gasteiger partial charge in [0.1, 0.15) is 0 Å². The Hall–Kier alpha value is -0.610. The molecule has 20 heavy (non-hydrogen) atoms. The van der Waals surface area contributed by atoms with Gasteiger partial charge in [-0.2, -0.15) is 0 Å². The lowest BCUT2D eigenvalue weighted by Gasteiger charge is -2.29. The van der Waals surface area contributed by atoms with Crippen LogP contribution in [-0.4, -0.2) is 24.6 Å². The molecule has 0 aliphatic carbocycles. The number of thiazole rings is 1. The fourth-order valence-electron chi connectivity index (χ4n) is 2.62. The highest BCUT2D eigenvalue weighted by Crippen LogP contribution is 2.30. The molecule has 0 saturated carbocycles. The summed E-state index contributed by atoms with van der Waals surface area (Å²) in [5.74, 6) is 0.882. The van der Waals surface area contributed by atoms with Gasteiger partial charge in [-0.1, -0.05) is 27.2 Å². The summed E-state index contributed by atoms with van der Waals surface area (Å²) in [6.07, 6.45) is 6.19. The number of hydrogen-bond acceptors (Lipinski definition) is 4. The van der Waals surface area contributed by atoms with Gasteiger partial charge in [0, 0.05) is 24.5 Å². The second kappa shape index (κ2) is 7.99. The summed E-state index contributed by atoms with van der Waals surface area (Å²) in [6.45, 7) is 11.3. The zero-order valence-electron chi connectivity index (χ0n) is 13.2. The average molecular weight is 295 g/mol. The van der Waals surface area contributed by atoms with Gasteiger partial charge in [-0.05, 0) is 38.1 Å². The van der Waals surface area contributed by atoms with Gasteiger partial charge in [0.05, 0.1) is 5.69 Å². The van der Waals surface area contributed by atoms with Crippen LogP contribution >= 0.6 is 11.3 Å². The van der Waals surface area contributed by atoms with E-state index in [1.807, 2.05) is 11.3 Å². The van der Waals surface area contributed by atoms with E-state index >= 15 is 0 Å². The Kier molecular flexibility index (Phi) is 6.30. The third kappa shape index (κ3) is 4.19. The second-order valence-electron chi connectivity index (χ2n) is 5.92. The summed E-state index contributed by atoms with van der Waals surface area (Å²) >= 11 is 1.90. The molecule has 1 aliphatic heterocycles. The molecule has 1 aromatic heterocycles. The van der Waals surface area contributed by atoms with Crippen molar-refractivity contribution in [1.82, 2.24) is 10.3 Å². The second-order valence-corrected chi connectivity index (χ2v) is 6.98. The van der Waals surface area contributed by atoms with E-state index in [0.717, 1.165) is 25.4 Å². The summed E-state index contributed by atoms with van der Waals surface area (Å²) in [5.41, 5.74) is 1.30. The van der Waals surface area contributed by atoms with E-state index in [9.17, 15) is 0 Å². The lowest BCUT2D eigenvalue weighted by Crippen LogP contribution is -2.32. The summed E-state index contributed by atoms with van der Waals surface area (Å²) in [6, 6.07) is 0. The molecule has 114 valence electrons. The molecule has 0 unspecified atom stereocenters. The summed E-state index contributed by atoms with van der Waals surface area (Å²) in [7, 11) is 0. The zero-order chi connectivity index (χ0) is 14.4. The maximum atomic E-state index is 4.88.